The molecule has 0 saturated heterocycles. The van der Waals surface area contributed by atoms with Crippen molar-refractivity contribution in [2.75, 3.05) is 0 Å². The van der Waals surface area contributed by atoms with Gasteiger partial charge < -0.3 is 0 Å². The number of aryl methyl sites for hydroxylation is 1. The Labute approximate surface area is 133 Å². The lowest BCUT2D eigenvalue weighted by atomic mass is 10.1. The van der Waals surface area contributed by atoms with E-state index in [0.29, 0.717) is 5.56 Å². The Balaban J connectivity index is 0.000000921. The fourth-order valence-electron chi connectivity index (χ4n) is 1.53. The number of amides is 1. The van der Waals surface area contributed by atoms with Crippen LogP contribution in [0.4, 0.5) is 0 Å². The van der Waals surface area contributed by atoms with Crippen LogP contribution < -0.4 is 4.72 Å². The average molecular weight is 305 g/mol. The summed E-state index contributed by atoms with van der Waals surface area (Å²) in [6, 6.07) is 7.57. The third-order valence-corrected chi connectivity index (χ3v) is 3.36. The van der Waals surface area contributed by atoms with Crippen LogP contribution in [0, 0.1) is 6.92 Å². The van der Waals surface area contributed by atoms with Crippen molar-refractivity contribution >= 4 is 17.9 Å². The number of carbonyl (C=O) groups excluding carboxylic acids is 1. The quantitative estimate of drug-likeness (QED) is 0.730. The van der Waals surface area contributed by atoms with Gasteiger partial charge in [0.1, 0.15) is 0 Å². The molecule has 1 aliphatic rings. The molecular formula is C18H27NOS. The highest BCUT2D eigenvalue weighted by Gasteiger charge is 2.06. The molecule has 1 aromatic rings. The number of benzene rings is 1. The molecular weight excluding hydrogens is 278 g/mol. The van der Waals surface area contributed by atoms with E-state index >= 15 is 0 Å². The predicted octanol–water partition coefficient (Wildman–Crippen LogP) is 5.66. The summed E-state index contributed by atoms with van der Waals surface area (Å²) in [5.74, 6) is -0.0464. The molecule has 0 bridgehead atoms. The largest absolute Gasteiger partial charge is 0.292 e. The number of hydrogen-bond donors (Lipinski definition) is 1. The third-order valence-electron chi connectivity index (χ3n) is 2.54. The van der Waals surface area contributed by atoms with Crippen LogP contribution in [0.15, 0.2) is 47.4 Å². The maximum Gasteiger partial charge on any atom is 0.261 e. The Kier molecular flexibility index (Phi) is 11.4. The Morgan fingerprint density at radius 2 is 1.67 bits per heavy atom. The van der Waals surface area contributed by atoms with Crippen LogP contribution in [0.5, 0.6) is 0 Å². The second-order valence-corrected chi connectivity index (χ2v) is 4.87. The number of hydrogen-bond acceptors (Lipinski definition) is 2. The zero-order valence-electron chi connectivity index (χ0n) is 13.8. The molecule has 0 unspecified atom stereocenters. The van der Waals surface area contributed by atoms with Crippen molar-refractivity contribution in [1.82, 2.24) is 4.72 Å². The summed E-state index contributed by atoms with van der Waals surface area (Å²) < 4.78 is 2.85. The zero-order valence-corrected chi connectivity index (χ0v) is 14.6. The fraction of sp³-hybridized carbons (Fsp3) is 0.389. The van der Waals surface area contributed by atoms with E-state index in [9.17, 15) is 4.79 Å². The van der Waals surface area contributed by atoms with Gasteiger partial charge in [0, 0.05) is 10.5 Å². The number of allylic oxidation sites excluding steroid dienone is 3. The van der Waals surface area contributed by atoms with E-state index in [1.54, 1.807) is 0 Å². The van der Waals surface area contributed by atoms with E-state index in [0.717, 1.165) is 23.3 Å². The lowest BCUT2D eigenvalue weighted by Gasteiger charge is -2.07. The van der Waals surface area contributed by atoms with Gasteiger partial charge in [-0.2, -0.15) is 0 Å². The molecule has 1 amide bonds. The van der Waals surface area contributed by atoms with Crippen LogP contribution in [0.1, 0.15) is 56.5 Å². The monoisotopic (exact) mass is 305 g/mol. The van der Waals surface area contributed by atoms with Gasteiger partial charge in [-0.25, -0.2) is 0 Å². The van der Waals surface area contributed by atoms with Gasteiger partial charge in [0.05, 0.1) is 0 Å². The number of carbonyl (C=O) groups is 1. The molecule has 0 aromatic heterocycles. The standard InChI is InChI=1S/C14H15NOS.2C2H6/c1-11-7-9-12(10-8-11)14(16)15-17-13-5-3-2-4-6-13;2*1-2/h3,5-10H,2,4H2,1H3,(H,15,16);2*1-2H3. The molecule has 2 nitrogen and oxygen atoms in total. The van der Waals surface area contributed by atoms with Crippen molar-refractivity contribution < 1.29 is 4.79 Å². The summed E-state index contributed by atoms with van der Waals surface area (Å²) >= 11 is 1.38. The Morgan fingerprint density at radius 1 is 1.05 bits per heavy atom. The van der Waals surface area contributed by atoms with E-state index < -0.39 is 0 Å². The normalized spacial score (nSPS) is 12.1. The minimum absolute atomic E-state index is 0.0464. The van der Waals surface area contributed by atoms with E-state index in [1.807, 2.05) is 65.0 Å². The molecule has 1 N–H and O–H groups in total. The maximum absolute atomic E-state index is 11.8. The van der Waals surface area contributed by atoms with E-state index in [4.69, 9.17) is 0 Å². The molecule has 1 aromatic carbocycles. The molecule has 0 heterocycles. The molecule has 0 spiro atoms. The van der Waals surface area contributed by atoms with Gasteiger partial charge in [-0.05, 0) is 43.8 Å². The first-order valence-corrected chi connectivity index (χ1v) is 8.48. The molecule has 0 radical (unpaired) electrons. The molecule has 0 atom stereocenters. The van der Waals surface area contributed by atoms with Crippen LogP contribution in [0.3, 0.4) is 0 Å². The van der Waals surface area contributed by atoms with Crippen molar-refractivity contribution in [3.63, 3.8) is 0 Å². The van der Waals surface area contributed by atoms with Gasteiger partial charge in [0.25, 0.3) is 5.91 Å². The Morgan fingerprint density at radius 3 is 2.19 bits per heavy atom. The van der Waals surface area contributed by atoms with Crippen molar-refractivity contribution in [3.8, 4) is 0 Å². The fourth-order valence-corrected chi connectivity index (χ4v) is 2.23. The highest BCUT2D eigenvalue weighted by molar-refractivity contribution is 8.01. The first kappa shape index (κ1) is 19.5. The highest BCUT2D eigenvalue weighted by atomic mass is 32.2. The van der Waals surface area contributed by atoms with Gasteiger partial charge >= 0.3 is 0 Å². The van der Waals surface area contributed by atoms with E-state index in [2.05, 4.69) is 16.9 Å². The number of rotatable bonds is 3. The van der Waals surface area contributed by atoms with Crippen molar-refractivity contribution in [2.24, 2.45) is 0 Å². The van der Waals surface area contributed by atoms with Gasteiger partial charge in [-0.1, -0.05) is 63.6 Å². The molecule has 0 saturated carbocycles. The van der Waals surface area contributed by atoms with Crippen LogP contribution in [-0.4, -0.2) is 5.91 Å². The lowest BCUT2D eigenvalue weighted by Crippen LogP contribution is -2.15. The molecule has 3 heteroatoms. The third kappa shape index (κ3) is 7.76. The number of nitrogens with one attached hydrogen (secondary N) is 1. The van der Waals surface area contributed by atoms with Crippen molar-refractivity contribution in [3.05, 3.63) is 58.5 Å². The minimum Gasteiger partial charge on any atom is -0.292 e. The second kappa shape index (κ2) is 12.3. The highest BCUT2D eigenvalue weighted by Crippen LogP contribution is 2.19. The van der Waals surface area contributed by atoms with Crippen molar-refractivity contribution in [1.29, 1.82) is 0 Å². The summed E-state index contributed by atoms with van der Waals surface area (Å²) in [4.78, 5) is 12.9. The topological polar surface area (TPSA) is 29.1 Å². The maximum atomic E-state index is 11.8. The predicted molar refractivity (Wildman–Crippen MR) is 95.4 cm³/mol. The lowest BCUT2D eigenvalue weighted by molar-refractivity contribution is 0.0984. The summed E-state index contributed by atoms with van der Waals surface area (Å²) in [7, 11) is 0. The molecule has 2 rings (SSSR count). The van der Waals surface area contributed by atoms with Crippen LogP contribution in [-0.2, 0) is 0 Å². The molecule has 0 fully saturated rings. The van der Waals surface area contributed by atoms with Gasteiger partial charge in [-0.15, -0.1) is 0 Å². The van der Waals surface area contributed by atoms with Crippen molar-refractivity contribution in [2.45, 2.75) is 47.5 Å². The first-order valence-electron chi connectivity index (χ1n) is 7.66. The summed E-state index contributed by atoms with van der Waals surface area (Å²) in [5, 5.41) is 0. The molecule has 0 aliphatic heterocycles. The summed E-state index contributed by atoms with van der Waals surface area (Å²) in [5.41, 5.74) is 1.86. The van der Waals surface area contributed by atoms with E-state index in [-0.39, 0.29) is 5.91 Å². The average Bonchev–Trinajstić information content (AvgIpc) is 2.58. The minimum atomic E-state index is -0.0464. The molecule has 21 heavy (non-hydrogen) atoms. The van der Waals surface area contributed by atoms with Crippen LogP contribution in [0.2, 0.25) is 0 Å². The second-order valence-electron chi connectivity index (χ2n) is 3.99. The summed E-state index contributed by atoms with van der Waals surface area (Å²) in [6.45, 7) is 10.0. The van der Waals surface area contributed by atoms with E-state index in [1.165, 1.54) is 11.9 Å². The Bertz CT molecular complexity index is 461. The molecule has 116 valence electrons. The molecule has 1 aliphatic carbocycles. The Hall–Kier alpha value is -1.48. The van der Waals surface area contributed by atoms with Gasteiger partial charge in [0.2, 0.25) is 0 Å². The van der Waals surface area contributed by atoms with Gasteiger partial charge in [0.15, 0.2) is 0 Å². The first-order chi connectivity index (χ1) is 10.3. The summed E-state index contributed by atoms with van der Waals surface area (Å²) in [6.07, 6.45) is 8.46. The zero-order chi connectivity index (χ0) is 16.1. The van der Waals surface area contributed by atoms with Crippen LogP contribution in [0.25, 0.3) is 0 Å². The van der Waals surface area contributed by atoms with Crippen LogP contribution >= 0.6 is 11.9 Å². The SMILES string of the molecule is CC.CC.Cc1ccc(C(=O)NSC2=CCCC=C2)cc1. The van der Waals surface area contributed by atoms with Gasteiger partial charge in [-0.3, -0.25) is 9.52 Å². The smallest absolute Gasteiger partial charge is 0.261 e.